The molecule has 2 aromatic carbocycles. The van der Waals surface area contributed by atoms with E-state index in [0.717, 1.165) is 30.0 Å². The first-order chi connectivity index (χ1) is 9.76. The molecule has 3 heteroatoms. The summed E-state index contributed by atoms with van der Waals surface area (Å²) in [5.41, 5.74) is 4.57. The Labute approximate surface area is 119 Å². The number of anilines is 1. The molecule has 0 spiro atoms. The van der Waals surface area contributed by atoms with E-state index in [0.29, 0.717) is 0 Å². The van der Waals surface area contributed by atoms with Crippen LogP contribution < -0.4 is 10.1 Å². The van der Waals surface area contributed by atoms with Crippen molar-refractivity contribution in [3.63, 3.8) is 0 Å². The van der Waals surface area contributed by atoms with Crippen LogP contribution in [0.15, 0.2) is 42.5 Å². The second-order valence-corrected chi connectivity index (χ2v) is 5.21. The van der Waals surface area contributed by atoms with Gasteiger partial charge in [-0.3, -0.25) is 0 Å². The van der Waals surface area contributed by atoms with Crippen LogP contribution in [0.1, 0.15) is 22.7 Å². The molecule has 3 nitrogen and oxygen atoms in total. The molecule has 1 heterocycles. The highest BCUT2D eigenvalue weighted by Gasteiger charge is 2.16. The molecule has 20 heavy (non-hydrogen) atoms. The minimum atomic E-state index is -0.0939. The van der Waals surface area contributed by atoms with Gasteiger partial charge in [0.15, 0.2) is 0 Å². The summed E-state index contributed by atoms with van der Waals surface area (Å²) >= 11 is 0. The Kier molecular flexibility index (Phi) is 3.61. The lowest BCUT2D eigenvalue weighted by atomic mass is 10.0. The number of hydrogen-bond acceptors (Lipinski definition) is 3. The van der Waals surface area contributed by atoms with E-state index in [-0.39, 0.29) is 12.6 Å². The molecule has 0 aliphatic carbocycles. The van der Waals surface area contributed by atoms with Gasteiger partial charge in [-0.25, -0.2) is 0 Å². The van der Waals surface area contributed by atoms with E-state index in [1.54, 1.807) is 0 Å². The predicted octanol–water partition coefficient (Wildman–Crippen LogP) is 3.08. The van der Waals surface area contributed by atoms with E-state index in [1.807, 2.05) is 24.3 Å². The van der Waals surface area contributed by atoms with Crippen molar-refractivity contribution < 1.29 is 9.84 Å². The molecular weight excluding hydrogens is 250 g/mol. The molecule has 3 rings (SSSR count). The molecule has 0 radical (unpaired) electrons. The number of nitrogens with one attached hydrogen (secondary N) is 1. The minimum absolute atomic E-state index is 0.0630. The quantitative estimate of drug-likeness (QED) is 0.896. The maximum atomic E-state index is 9.65. The zero-order chi connectivity index (χ0) is 13.9. The monoisotopic (exact) mass is 269 g/mol. The number of benzene rings is 2. The number of aryl methyl sites for hydroxylation is 1. The molecule has 104 valence electrons. The Balaban J connectivity index is 1.81. The van der Waals surface area contributed by atoms with Gasteiger partial charge >= 0.3 is 0 Å². The molecule has 0 aromatic heterocycles. The average molecular weight is 269 g/mol. The molecule has 0 amide bonds. The highest BCUT2D eigenvalue weighted by molar-refractivity contribution is 5.48. The summed E-state index contributed by atoms with van der Waals surface area (Å²) in [4.78, 5) is 0. The molecule has 1 aliphatic heterocycles. The Hall–Kier alpha value is -2.00. The summed E-state index contributed by atoms with van der Waals surface area (Å²) in [6, 6.07) is 14.3. The third kappa shape index (κ3) is 2.63. The molecule has 1 aliphatic rings. The van der Waals surface area contributed by atoms with Gasteiger partial charge in [0.25, 0.3) is 0 Å². The van der Waals surface area contributed by atoms with Gasteiger partial charge in [-0.15, -0.1) is 0 Å². The normalized spacial score (nSPS) is 14.5. The molecule has 0 saturated carbocycles. The van der Waals surface area contributed by atoms with Crippen LogP contribution in [0.3, 0.4) is 0 Å². The number of ether oxygens (including phenoxy) is 1. The molecule has 2 aromatic rings. The van der Waals surface area contributed by atoms with Crippen LogP contribution in [0.25, 0.3) is 0 Å². The molecule has 0 bridgehead atoms. The van der Waals surface area contributed by atoms with E-state index in [4.69, 9.17) is 4.74 Å². The Morgan fingerprint density at radius 1 is 1.20 bits per heavy atom. The van der Waals surface area contributed by atoms with Gasteiger partial charge in [0, 0.05) is 12.1 Å². The summed E-state index contributed by atoms with van der Waals surface area (Å²) in [6.07, 6.45) is 0.950. The van der Waals surface area contributed by atoms with Crippen LogP contribution in [0.5, 0.6) is 5.75 Å². The largest absolute Gasteiger partial charge is 0.493 e. The Morgan fingerprint density at radius 3 is 2.75 bits per heavy atom. The van der Waals surface area contributed by atoms with Crippen LogP contribution in [-0.4, -0.2) is 18.3 Å². The second-order valence-electron chi connectivity index (χ2n) is 5.21. The SMILES string of the molecule is Cc1ccc(NC(CO)c2ccc3c(c2)CCO3)cc1. The van der Waals surface area contributed by atoms with Gasteiger partial charge in [-0.2, -0.15) is 0 Å². The molecule has 0 fully saturated rings. The van der Waals surface area contributed by atoms with Gasteiger partial charge < -0.3 is 15.2 Å². The Morgan fingerprint density at radius 2 is 2.00 bits per heavy atom. The van der Waals surface area contributed by atoms with Crippen LogP contribution in [0.4, 0.5) is 5.69 Å². The van der Waals surface area contributed by atoms with Crippen LogP contribution in [-0.2, 0) is 6.42 Å². The molecule has 1 unspecified atom stereocenters. The smallest absolute Gasteiger partial charge is 0.122 e. The summed E-state index contributed by atoms with van der Waals surface area (Å²) in [5, 5.41) is 13.0. The van der Waals surface area contributed by atoms with E-state index >= 15 is 0 Å². The minimum Gasteiger partial charge on any atom is -0.493 e. The average Bonchev–Trinajstić information content (AvgIpc) is 2.94. The van der Waals surface area contributed by atoms with Gasteiger partial charge in [0.05, 0.1) is 19.3 Å². The zero-order valence-corrected chi connectivity index (χ0v) is 11.6. The zero-order valence-electron chi connectivity index (χ0n) is 11.6. The molecular formula is C17H19NO2. The number of aliphatic hydroxyl groups excluding tert-OH is 1. The topological polar surface area (TPSA) is 41.5 Å². The van der Waals surface area contributed by atoms with E-state index < -0.39 is 0 Å². The first-order valence-electron chi connectivity index (χ1n) is 6.96. The van der Waals surface area contributed by atoms with Crippen LogP contribution in [0, 0.1) is 6.92 Å². The fourth-order valence-corrected chi connectivity index (χ4v) is 2.51. The van der Waals surface area contributed by atoms with E-state index in [9.17, 15) is 5.11 Å². The second kappa shape index (κ2) is 5.55. The highest BCUT2D eigenvalue weighted by atomic mass is 16.5. The maximum Gasteiger partial charge on any atom is 0.122 e. The van der Waals surface area contributed by atoms with Crippen molar-refractivity contribution in [1.29, 1.82) is 0 Å². The van der Waals surface area contributed by atoms with E-state index in [2.05, 4.69) is 30.4 Å². The van der Waals surface area contributed by atoms with Crippen LogP contribution in [0.2, 0.25) is 0 Å². The van der Waals surface area contributed by atoms with Crippen molar-refractivity contribution in [2.45, 2.75) is 19.4 Å². The highest BCUT2D eigenvalue weighted by Crippen LogP contribution is 2.29. The summed E-state index contributed by atoms with van der Waals surface area (Å²) < 4.78 is 5.52. The van der Waals surface area contributed by atoms with E-state index in [1.165, 1.54) is 11.1 Å². The third-order valence-electron chi connectivity index (χ3n) is 3.69. The van der Waals surface area contributed by atoms with Crippen molar-refractivity contribution in [3.8, 4) is 5.75 Å². The third-order valence-corrected chi connectivity index (χ3v) is 3.69. The fourth-order valence-electron chi connectivity index (χ4n) is 2.51. The van der Waals surface area contributed by atoms with Gasteiger partial charge in [0.1, 0.15) is 5.75 Å². The molecule has 2 N–H and O–H groups in total. The lowest BCUT2D eigenvalue weighted by molar-refractivity contribution is 0.276. The summed E-state index contributed by atoms with van der Waals surface area (Å²) in [6.45, 7) is 2.88. The predicted molar refractivity (Wildman–Crippen MR) is 80.3 cm³/mol. The first kappa shape index (κ1) is 13.0. The van der Waals surface area contributed by atoms with Gasteiger partial charge in [-0.1, -0.05) is 23.8 Å². The number of fused-ring (bicyclic) bond motifs is 1. The maximum absolute atomic E-state index is 9.65. The first-order valence-corrected chi connectivity index (χ1v) is 6.96. The number of aliphatic hydroxyl groups is 1. The van der Waals surface area contributed by atoms with Gasteiger partial charge in [-0.05, 0) is 42.3 Å². The summed E-state index contributed by atoms with van der Waals surface area (Å²) in [7, 11) is 0. The lowest BCUT2D eigenvalue weighted by Gasteiger charge is -2.19. The van der Waals surface area contributed by atoms with Gasteiger partial charge in [0.2, 0.25) is 0 Å². The Bertz CT molecular complexity index is 592. The molecule has 1 atom stereocenters. The number of hydrogen-bond donors (Lipinski definition) is 2. The van der Waals surface area contributed by atoms with Crippen molar-refractivity contribution in [3.05, 3.63) is 59.2 Å². The summed E-state index contributed by atoms with van der Waals surface area (Å²) in [5.74, 6) is 0.973. The standard InChI is InChI=1S/C17H19NO2/c1-12-2-5-15(6-3-12)18-16(11-19)13-4-7-17-14(10-13)8-9-20-17/h2-7,10,16,18-19H,8-9,11H2,1H3. The lowest BCUT2D eigenvalue weighted by Crippen LogP contribution is -2.15. The van der Waals surface area contributed by atoms with Crippen molar-refractivity contribution >= 4 is 5.69 Å². The fraction of sp³-hybridized carbons (Fsp3) is 0.294. The number of rotatable bonds is 4. The molecule has 0 saturated heterocycles. The van der Waals surface area contributed by atoms with Crippen LogP contribution >= 0.6 is 0 Å². The van der Waals surface area contributed by atoms with Crippen molar-refractivity contribution in [2.24, 2.45) is 0 Å². The van der Waals surface area contributed by atoms with Crippen molar-refractivity contribution in [1.82, 2.24) is 0 Å². The van der Waals surface area contributed by atoms with Crippen molar-refractivity contribution in [2.75, 3.05) is 18.5 Å².